The van der Waals surface area contributed by atoms with E-state index in [0.717, 1.165) is 21.7 Å². The molecule has 0 radical (unpaired) electrons. The Kier molecular flexibility index (Phi) is 3.96. The van der Waals surface area contributed by atoms with E-state index in [2.05, 4.69) is 4.98 Å². The Morgan fingerprint density at radius 1 is 1.39 bits per heavy atom. The molecule has 0 aliphatic heterocycles. The van der Waals surface area contributed by atoms with Crippen molar-refractivity contribution in [3.8, 4) is 0 Å². The van der Waals surface area contributed by atoms with E-state index in [1.165, 1.54) is 28.3 Å². The van der Waals surface area contributed by atoms with Crippen molar-refractivity contribution in [1.82, 2.24) is 9.55 Å². The minimum Gasteiger partial charge on any atom is -0.294 e. The van der Waals surface area contributed by atoms with E-state index < -0.39 is 4.92 Å². The molecule has 0 aliphatic rings. The van der Waals surface area contributed by atoms with Crippen LogP contribution in [0.1, 0.15) is 22.9 Å². The van der Waals surface area contributed by atoms with Gasteiger partial charge in [-0.05, 0) is 25.0 Å². The average molecular weight is 329 g/mol. The van der Waals surface area contributed by atoms with Crippen LogP contribution in [0, 0.1) is 17.0 Å². The number of fused-ring (bicyclic) bond motifs is 1. The number of nitrogens with zero attached hydrogens (tertiary/aromatic N) is 3. The van der Waals surface area contributed by atoms with Crippen molar-refractivity contribution in [3.63, 3.8) is 0 Å². The van der Waals surface area contributed by atoms with Crippen LogP contribution in [0.2, 0.25) is 0 Å². The van der Waals surface area contributed by atoms with E-state index in [9.17, 15) is 14.9 Å². The Bertz CT molecular complexity index is 959. The first-order chi connectivity index (χ1) is 11.0. The molecule has 0 unspecified atom stereocenters. The first kappa shape index (κ1) is 15.4. The van der Waals surface area contributed by atoms with Gasteiger partial charge in [0, 0.05) is 16.5 Å². The molecule has 0 saturated heterocycles. The van der Waals surface area contributed by atoms with E-state index in [4.69, 9.17) is 0 Å². The van der Waals surface area contributed by atoms with Crippen LogP contribution in [0.3, 0.4) is 0 Å². The van der Waals surface area contributed by atoms with Crippen LogP contribution >= 0.6 is 11.3 Å². The second-order valence-electron chi connectivity index (χ2n) is 5.28. The molecule has 0 saturated carbocycles. The van der Waals surface area contributed by atoms with E-state index in [0.29, 0.717) is 10.9 Å². The zero-order valence-corrected chi connectivity index (χ0v) is 13.6. The van der Waals surface area contributed by atoms with Crippen LogP contribution in [0.4, 0.5) is 5.69 Å². The van der Waals surface area contributed by atoms with Gasteiger partial charge in [0.25, 0.3) is 11.2 Å². The predicted molar refractivity (Wildman–Crippen MR) is 90.2 cm³/mol. The van der Waals surface area contributed by atoms with E-state index >= 15 is 0 Å². The van der Waals surface area contributed by atoms with Gasteiger partial charge in [-0.2, -0.15) is 0 Å². The Balaban J connectivity index is 2.05. The van der Waals surface area contributed by atoms with Crippen molar-refractivity contribution in [2.75, 3.05) is 0 Å². The number of hydrogen-bond acceptors (Lipinski definition) is 5. The zero-order chi connectivity index (χ0) is 16.6. The lowest BCUT2D eigenvalue weighted by Crippen LogP contribution is -2.21. The summed E-state index contributed by atoms with van der Waals surface area (Å²) in [6, 6.07) is 6.78. The number of nitro groups is 1. The maximum absolute atomic E-state index is 12.6. The fourth-order valence-corrected chi connectivity index (χ4v) is 3.44. The first-order valence-electron chi connectivity index (χ1n) is 7.22. The second kappa shape index (κ2) is 5.92. The second-order valence-corrected chi connectivity index (χ2v) is 6.40. The topological polar surface area (TPSA) is 78.0 Å². The molecule has 118 valence electrons. The molecule has 1 aromatic carbocycles. The third-order valence-corrected chi connectivity index (χ3v) is 5.06. The summed E-state index contributed by atoms with van der Waals surface area (Å²) in [7, 11) is 0. The summed E-state index contributed by atoms with van der Waals surface area (Å²) in [4.78, 5) is 29.4. The average Bonchev–Trinajstić information content (AvgIpc) is 2.95. The maximum Gasteiger partial charge on any atom is 0.272 e. The van der Waals surface area contributed by atoms with Crippen LogP contribution in [0.25, 0.3) is 10.2 Å². The van der Waals surface area contributed by atoms with E-state index in [1.807, 2.05) is 13.0 Å². The maximum atomic E-state index is 12.6. The van der Waals surface area contributed by atoms with Gasteiger partial charge in [0.05, 0.1) is 23.2 Å². The van der Waals surface area contributed by atoms with Crippen LogP contribution in [-0.4, -0.2) is 14.5 Å². The molecule has 0 spiro atoms. The number of nitro benzene ring substituents is 1. The molecule has 6 nitrogen and oxygen atoms in total. The smallest absolute Gasteiger partial charge is 0.272 e. The van der Waals surface area contributed by atoms with Gasteiger partial charge in [0.15, 0.2) is 0 Å². The molecule has 23 heavy (non-hydrogen) atoms. The molecule has 0 fully saturated rings. The first-order valence-corrected chi connectivity index (χ1v) is 8.03. The lowest BCUT2D eigenvalue weighted by atomic mass is 10.1. The normalized spacial score (nSPS) is 11.0. The van der Waals surface area contributed by atoms with Gasteiger partial charge in [0.2, 0.25) is 0 Å². The fraction of sp³-hybridized carbons (Fsp3) is 0.250. The highest BCUT2D eigenvalue weighted by molar-refractivity contribution is 7.18. The highest BCUT2D eigenvalue weighted by Gasteiger charge is 2.15. The summed E-state index contributed by atoms with van der Waals surface area (Å²) >= 11 is 1.52. The molecule has 3 rings (SSSR count). The van der Waals surface area contributed by atoms with Gasteiger partial charge < -0.3 is 0 Å². The molecular formula is C16H15N3O3S. The minimum absolute atomic E-state index is 0.0633. The number of thiophene rings is 1. The van der Waals surface area contributed by atoms with Crippen molar-refractivity contribution < 1.29 is 4.92 Å². The monoisotopic (exact) mass is 329 g/mol. The number of aromatic nitrogens is 2. The van der Waals surface area contributed by atoms with Gasteiger partial charge in [-0.1, -0.05) is 19.1 Å². The lowest BCUT2D eigenvalue weighted by Gasteiger charge is -2.08. The van der Waals surface area contributed by atoms with Crippen molar-refractivity contribution in [3.05, 3.63) is 67.1 Å². The van der Waals surface area contributed by atoms with Gasteiger partial charge in [-0.25, -0.2) is 4.98 Å². The number of rotatable bonds is 4. The Labute approximate surface area is 136 Å². The van der Waals surface area contributed by atoms with Gasteiger partial charge >= 0.3 is 0 Å². The molecule has 3 aromatic rings. The van der Waals surface area contributed by atoms with Gasteiger partial charge in [0.1, 0.15) is 4.83 Å². The highest BCUT2D eigenvalue weighted by Crippen LogP contribution is 2.23. The lowest BCUT2D eigenvalue weighted by molar-refractivity contribution is -0.385. The third kappa shape index (κ3) is 2.75. The quantitative estimate of drug-likeness (QED) is 0.543. The van der Waals surface area contributed by atoms with Crippen molar-refractivity contribution >= 4 is 27.2 Å². The third-order valence-electron chi connectivity index (χ3n) is 3.87. The summed E-state index contributed by atoms with van der Waals surface area (Å²) in [6.45, 7) is 4.01. The van der Waals surface area contributed by atoms with Crippen molar-refractivity contribution in [2.24, 2.45) is 0 Å². The van der Waals surface area contributed by atoms with Crippen LogP contribution in [0.15, 0.2) is 35.4 Å². The number of hydrogen-bond donors (Lipinski definition) is 0. The molecule has 0 amide bonds. The summed E-state index contributed by atoms with van der Waals surface area (Å²) in [5.41, 5.74) is 1.27. The Morgan fingerprint density at radius 2 is 2.17 bits per heavy atom. The standard InChI is InChI=1S/C16H15N3O3S/c1-3-12-7-13-15(23-12)17-9-18(16(13)20)8-11-5-4-6-14(10(11)2)19(21)22/h4-7,9H,3,8H2,1-2H3. The van der Waals surface area contributed by atoms with Gasteiger partial charge in [-0.3, -0.25) is 19.5 Å². The fourth-order valence-electron chi connectivity index (χ4n) is 2.52. The molecule has 0 atom stereocenters. The molecule has 7 heteroatoms. The number of aryl methyl sites for hydroxylation is 1. The van der Waals surface area contributed by atoms with Crippen LogP contribution in [0.5, 0.6) is 0 Å². The molecule has 0 N–H and O–H groups in total. The SMILES string of the molecule is CCc1cc2c(=O)n(Cc3cccc([N+](=O)[O-])c3C)cnc2s1. The molecule has 2 heterocycles. The summed E-state index contributed by atoms with van der Waals surface area (Å²) in [5.74, 6) is 0. The largest absolute Gasteiger partial charge is 0.294 e. The van der Waals surface area contributed by atoms with Crippen molar-refractivity contribution in [2.45, 2.75) is 26.8 Å². The summed E-state index contributed by atoms with van der Waals surface area (Å²) in [5, 5.41) is 11.6. The molecule has 0 bridgehead atoms. The van der Waals surface area contributed by atoms with Crippen LogP contribution < -0.4 is 5.56 Å². The summed E-state index contributed by atoms with van der Waals surface area (Å²) < 4.78 is 1.50. The summed E-state index contributed by atoms with van der Waals surface area (Å²) in [6.07, 6.45) is 2.38. The van der Waals surface area contributed by atoms with Crippen LogP contribution in [-0.2, 0) is 13.0 Å². The molecular weight excluding hydrogens is 314 g/mol. The van der Waals surface area contributed by atoms with E-state index in [1.54, 1.807) is 19.1 Å². The molecule has 0 aliphatic carbocycles. The van der Waals surface area contributed by atoms with E-state index in [-0.39, 0.29) is 17.8 Å². The number of benzene rings is 1. The Hall–Kier alpha value is -2.54. The van der Waals surface area contributed by atoms with Crippen molar-refractivity contribution in [1.29, 1.82) is 0 Å². The minimum atomic E-state index is -0.407. The predicted octanol–water partition coefficient (Wildman–Crippen LogP) is 3.29. The molecule has 2 aromatic heterocycles. The zero-order valence-electron chi connectivity index (χ0n) is 12.8. The Morgan fingerprint density at radius 3 is 2.87 bits per heavy atom. The highest BCUT2D eigenvalue weighted by atomic mass is 32.1. The van der Waals surface area contributed by atoms with Gasteiger partial charge in [-0.15, -0.1) is 11.3 Å².